The number of aromatic nitrogens is 6. The number of nitrogens with zero attached hydrogens (tertiary/aromatic N) is 7. The van der Waals surface area contributed by atoms with Gasteiger partial charge in [-0.15, -0.1) is 13.2 Å². The number of carbonyl (C=O) groups excluding carboxylic acids is 3. The predicted octanol–water partition coefficient (Wildman–Crippen LogP) is 4.47. The highest BCUT2D eigenvalue weighted by Crippen LogP contribution is 2.59. The number of likely N-dealkylation sites (tertiary alicyclic amines) is 1. The highest BCUT2D eigenvalue weighted by atomic mass is 79.9. The number of anilines is 1. The summed E-state index contributed by atoms with van der Waals surface area (Å²) in [6.45, 7) is 4.95. The molecule has 12 nitrogen and oxygen atoms in total. The third-order valence-electron chi connectivity index (χ3n) is 7.92. The van der Waals surface area contributed by atoms with Gasteiger partial charge in [0.25, 0.3) is 0 Å². The van der Waals surface area contributed by atoms with Crippen molar-refractivity contribution in [2.24, 2.45) is 5.41 Å². The molecule has 1 N–H and O–H groups in total. The summed E-state index contributed by atoms with van der Waals surface area (Å²) in [4.78, 5) is 57.1. The lowest BCUT2D eigenvalue weighted by molar-refractivity contribution is -0.277. The van der Waals surface area contributed by atoms with Gasteiger partial charge in [-0.05, 0) is 58.8 Å². The number of pyridine rings is 2. The van der Waals surface area contributed by atoms with Crippen LogP contribution in [0.2, 0.25) is 0 Å². The van der Waals surface area contributed by atoms with Gasteiger partial charge in [0.05, 0.1) is 17.4 Å². The Kier molecular flexibility index (Phi) is 7.13. The Morgan fingerprint density at radius 3 is 2.55 bits per heavy atom. The van der Waals surface area contributed by atoms with E-state index < -0.39 is 18.4 Å². The summed E-state index contributed by atoms with van der Waals surface area (Å²) < 4.78 is 43.0. The molecular formula is C28H24BrF3N8O4. The predicted molar refractivity (Wildman–Crippen MR) is 152 cm³/mol. The Bertz CT molecular complexity index is 1830. The van der Waals surface area contributed by atoms with Crippen LogP contribution in [0, 0.1) is 12.3 Å². The molecular weight excluding hydrogens is 649 g/mol. The smallest absolute Gasteiger partial charge is 0.371 e. The number of carbonyl (C=O) groups is 3. The molecule has 4 aromatic rings. The Morgan fingerprint density at radius 2 is 1.86 bits per heavy atom. The number of hydrogen-bond acceptors (Lipinski definition) is 9. The summed E-state index contributed by atoms with van der Waals surface area (Å²) in [6, 6.07) is 3.43. The topological polar surface area (TPSA) is 145 Å². The second kappa shape index (κ2) is 10.6. The van der Waals surface area contributed by atoms with Gasteiger partial charge >= 0.3 is 12.4 Å². The maximum Gasteiger partial charge on any atom is 0.575 e. The Morgan fingerprint density at radius 1 is 1.14 bits per heavy atom. The second-order valence-electron chi connectivity index (χ2n) is 11.1. The van der Waals surface area contributed by atoms with Crippen LogP contribution in [0.1, 0.15) is 42.7 Å². The molecule has 2 fully saturated rings. The van der Waals surface area contributed by atoms with Crippen molar-refractivity contribution in [3.05, 3.63) is 52.7 Å². The molecule has 0 bridgehead atoms. The van der Waals surface area contributed by atoms with Crippen LogP contribution < -0.4 is 10.1 Å². The van der Waals surface area contributed by atoms with Crippen LogP contribution in [-0.4, -0.2) is 70.7 Å². The van der Waals surface area contributed by atoms with Crippen LogP contribution in [0.15, 0.2) is 41.4 Å². The van der Waals surface area contributed by atoms with Gasteiger partial charge in [-0.3, -0.25) is 24.0 Å². The average Bonchev–Trinajstić information content (AvgIpc) is 3.32. The molecule has 0 aromatic carbocycles. The molecule has 2 amide bonds. The first-order valence-corrected chi connectivity index (χ1v) is 14.2. The van der Waals surface area contributed by atoms with E-state index in [2.05, 4.69) is 51.0 Å². The van der Waals surface area contributed by atoms with Gasteiger partial charge in [0.1, 0.15) is 28.7 Å². The molecule has 44 heavy (non-hydrogen) atoms. The van der Waals surface area contributed by atoms with Crippen molar-refractivity contribution in [2.45, 2.75) is 58.6 Å². The van der Waals surface area contributed by atoms with Crippen molar-refractivity contribution in [3.63, 3.8) is 0 Å². The van der Waals surface area contributed by atoms with Crippen LogP contribution in [0.4, 0.5) is 19.0 Å². The van der Waals surface area contributed by atoms with E-state index in [4.69, 9.17) is 0 Å². The fourth-order valence-electron chi connectivity index (χ4n) is 5.62. The molecule has 3 atom stereocenters. The zero-order valence-corrected chi connectivity index (χ0v) is 25.1. The minimum Gasteiger partial charge on any atom is -0.371 e. The molecule has 1 aliphatic carbocycles. The highest BCUT2D eigenvalue weighted by molar-refractivity contribution is 9.10. The number of Topliss-reactive ketones (excluding diaryl/α,β-unsaturated/α-hetero) is 1. The molecule has 0 spiro atoms. The number of ketones is 1. The van der Waals surface area contributed by atoms with Crippen molar-refractivity contribution in [1.82, 2.24) is 34.6 Å². The van der Waals surface area contributed by atoms with Crippen LogP contribution in [0.25, 0.3) is 22.2 Å². The van der Waals surface area contributed by atoms with E-state index in [1.54, 1.807) is 11.0 Å². The number of alkyl halides is 3. The normalized spacial score (nSPS) is 20.8. The second-order valence-corrected chi connectivity index (χ2v) is 11.9. The SMILES string of the molecule is CC(=O)c1nn(CC(=O)N2C3C[C@]3(C)C[C@H]2C(=O)Nc2nc(Br)ccc2C)c2cnc(-c3cnc(OC(F)(F)F)nc3)cc12. The molecule has 0 radical (unpaired) electrons. The lowest BCUT2D eigenvalue weighted by Crippen LogP contribution is -2.47. The van der Waals surface area contributed by atoms with E-state index in [-0.39, 0.29) is 52.6 Å². The summed E-state index contributed by atoms with van der Waals surface area (Å²) in [5, 5.41) is 7.64. The van der Waals surface area contributed by atoms with Crippen molar-refractivity contribution in [3.8, 4) is 17.3 Å². The van der Waals surface area contributed by atoms with Crippen molar-refractivity contribution < 1.29 is 32.3 Å². The van der Waals surface area contributed by atoms with Gasteiger partial charge in [0.15, 0.2) is 5.78 Å². The maximum atomic E-state index is 13.8. The summed E-state index contributed by atoms with van der Waals surface area (Å²) in [6.07, 6.45) is -0.0299. The number of halogens is 4. The van der Waals surface area contributed by atoms with E-state index in [0.29, 0.717) is 27.7 Å². The zero-order chi connectivity index (χ0) is 31.6. The largest absolute Gasteiger partial charge is 0.575 e. The average molecular weight is 673 g/mol. The zero-order valence-electron chi connectivity index (χ0n) is 23.5. The third-order valence-corrected chi connectivity index (χ3v) is 8.36. The van der Waals surface area contributed by atoms with Gasteiger partial charge in [0.2, 0.25) is 11.8 Å². The van der Waals surface area contributed by atoms with Crippen LogP contribution in [0.5, 0.6) is 6.01 Å². The van der Waals surface area contributed by atoms with Crippen molar-refractivity contribution >= 4 is 50.2 Å². The van der Waals surface area contributed by atoms with E-state index in [1.165, 1.54) is 23.9 Å². The molecule has 5 heterocycles. The van der Waals surface area contributed by atoms with Crippen LogP contribution >= 0.6 is 15.9 Å². The van der Waals surface area contributed by atoms with E-state index in [9.17, 15) is 27.6 Å². The molecule has 1 saturated heterocycles. The number of fused-ring (bicyclic) bond motifs is 2. The lowest BCUT2D eigenvalue weighted by atomic mass is 10.0. The Hall–Kier alpha value is -4.47. The fraction of sp³-hybridized carbons (Fsp3) is 0.357. The number of amides is 2. The third kappa shape index (κ3) is 5.60. The quantitative estimate of drug-likeness (QED) is 0.222. The van der Waals surface area contributed by atoms with E-state index >= 15 is 0 Å². The van der Waals surface area contributed by atoms with Gasteiger partial charge in [0, 0.05) is 36.3 Å². The van der Waals surface area contributed by atoms with Gasteiger partial charge in [-0.1, -0.05) is 13.0 Å². The lowest BCUT2D eigenvalue weighted by Gasteiger charge is -2.27. The minimum atomic E-state index is -4.94. The molecule has 6 rings (SSSR count). The number of rotatable bonds is 7. The molecule has 1 unspecified atom stereocenters. The number of ether oxygens (including phenoxy) is 1. The standard InChI is InChI=1S/C28H24BrF3N8O4/c1-13-4-5-21(29)36-24(13)37-25(43)18-7-27(3)8-20(27)40(18)22(42)12-39-19-11-33-17(6-16(19)23(38-39)14(2)41)15-9-34-26(35-10-15)44-28(30,31)32/h4-6,9-11,18,20H,7-8,12H2,1-3H3,(H,36,37,43)/t18-,20?,27-/m0/s1. The Labute approximate surface area is 256 Å². The van der Waals surface area contributed by atoms with E-state index in [0.717, 1.165) is 24.4 Å². The minimum absolute atomic E-state index is 0.0811. The number of piperidine rings is 1. The first kappa shape index (κ1) is 29.6. The molecule has 2 aliphatic rings. The Balaban J connectivity index is 1.26. The van der Waals surface area contributed by atoms with Gasteiger partial charge in [-0.25, -0.2) is 15.0 Å². The summed E-state index contributed by atoms with van der Waals surface area (Å²) in [5.74, 6) is -0.641. The summed E-state index contributed by atoms with van der Waals surface area (Å²) >= 11 is 3.31. The van der Waals surface area contributed by atoms with Crippen LogP contribution in [-0.2, 0) is 16.1 Å². The molecule has 1 saturated carbocycles. The van der Waals surface area contributed by atoms with Crippen molar-refractivity contribution in [1.29, 1.82) is 0 Å². The molecule has 1 aliphatic heterocycles. The van der Waals surface area contributed by atoms with Gasteiger partial charge in [-0.2, -0.15) is 5.10 Å². The monoisotopic (exact) mass is 672 g/mol. The number of nitrogens with one attached hydrogen (secondary N) is 1. The molecule has 4 aromatic heterocycles. The highest BCUT2D eigenvalue weighted by Gasteiger charge is 2.64. The van der Waals surface area contributed by atoms with E-state index in [1.807, 2.05) is 19.9 Å². The van der Waals surface area contributed by atoms with Crippen LogP contribution in [0.3, 0.4) is 0 Å². The summed E-state index contributed by atoms with van der Waals surface area (Å²) in [7, 11) is 0. The number of hydrogen-bond donors (Lipinski definition) is 1. The van der Waals surface area contributed by atoms with Gasteiger partial charge < -0.3 is 15.0 Å². The first-order valence-electron chi connectivity index (χ1n) is 13.4. The summed E-state index contributed by atoms with van der Waals surface area (Å²) in [5.41, 5.74) is 1.61. The fourth-order valence-corrected chi connectivity index (χ4v) is 5.93. The first-order chi connectivity index (χ1) is 20.7. The molecule has 228 valence electrons. The van der Waals surface area contributed by atoms with Crippen molar-refractivity contribution in [2.75, 3.05) is 5.32 Å². The maximum absolute atomic E-state index is 13.8. The molecule has 16 heteroatoms. The number of aryl methyl sites for hydroxylation is 1.